The van der Waals surface area contributed by atoms with Gasteiger partial charge in [0.25, 0.3) is 0 Å². The predicted molar refractivity (Wildman–Crippen MR) is 96.8 cm³/mol. The minimum Gasteiger partial charge on any atom is -0.346 e. The molecule has 0 aromatic carbocycles. The predicted octanol–water partition coefficient (Wildman–Crippen LogP) is 2.69. The fraction of sp³-hybridized carbons (Fsp3) is 0.389. The van der Waals surface area contributed by atoms with Crippen LogP contribution in [-0.2, 0) is 29.1 Å². The van der Waals surface area contributed by atoms with E-state index >= 15 is 0 Å². The quantitative estimate of drug-likeness (QED) is 0.598. The number of alkyl halides is 1. The number of allylic oxidation sites excluding steroid dienone is 4. The Hall–Kier alpha value is -2.28. The first-order valence-corrected chi connectivity index (χ1v) is 9.05. The summed E-state index contributed by atoms with van der Waals surface area (Å²) in [5, 5.41) is 3.47. The Bertz CT molecular complexity index is 694. The maximum absolute atomic E-state index is 12.2. The molecule has 2 heterocycles. The topological polar surface area (TPSA) is 62.3 Å². The lowest BCUT2D eigenvalue weighted by atomic mass is 10.2. The van der Waals surface area contributed by atoms with Gasteiger partial charge in [-0.1, -0.05) is 25.2 Å². The summed E-state index contributed by atoms with van der Waals surface area (Å²) in [7, 11) is 0. The molecule has 0 fully saturated rings. The number of fused-ring (bicyclic) bond motifs is 1. The van der Waals surface area contributed by atoms with Crippen molar-refractivity contribution in [2.45, 2.75) is 32.9 Å². The molecule has 1 aliphatic rings. The van der Waals surface area contributed by atoms with Gasteiger partial charge in [0, 0.05) is 30.0 Å². The molecule has 1 aliphatic heterocycles. The molecule has 0 bridgehead atoms. The van der Waals surface area contributed by atoms with Gasteiger partial charge in [-0.2, -0.15) is 0 Å². The Balaban J connectivity index is 1.91. The number of amides is 2. The molecule has 25 heavy (non-hydrogen) atoms. The van der Waals surface area contributed by atoms with E-state index in [0.717, 1.165) is 28.1 Å². The number of hydrogen-bond acceptors (Lipinski definition) is 4. The zero-order chi connectivity index (χ0) is 18.1. The molecule has 0 saturated heterocycles. The van der Waals surface area contributed by atoms with E-state index in [-0.39, 0.29) is 11.8 Å². The van der Waals surface area contributed by atoms with Crippen LogP contribution >= 0.6 is 11.3 Å². The van der Waals surface area contributed by atoms with E-state index in [1.165, 1.54) is 17.4 Å². The molecule has 5 nitrogen and oxygen atoms in total. The molecule has 1 aromatic rings. The van der Waals surface area contributed by atoms with Crippen LogP contribution in [-0.4, -0.2) is 34.9 Å². The molecule has 2 amide bonds. The van der Waals surface area contributed by atoms with Gasteiger partial charge in [0.05, 0.1) is 18.8 Å². The van der Waals surface area contributed by atoms with Crippen molar-refractivity contribution in [1.82, 2.24) is 15.2 Å². The third-order valence-electron chi connectivity index (χ3n) is 3.58. The Morgan fingerprint density at radius 2 is 2.16 bits per heavy atom. The average molecular weight is 363 g/mol. The van der Waals surface area contributed by atoms with E-state index in [2.05, 4.69) is 10.3 Å². The van der Waals surface area contributed by atoms with E-state index in [0.29, 0.717) is 26.1 Å². The van der Waals surface area contributed by atoms with Crippen molar-refractivity contribution < 1.29 is 14.0 Å². The molecule has 2 rings (SSSR count). The molecule has 134 valence electrons. The number of nitrogens with zero attached hydrogens (tertiary/aromatic N) is 2. The van der Waals surface area contributed by atoms with Crippen molar-refractivity contribution >= 4 is 23.2 Å². The number of aromatic nitrogens is 1. The second-order valence-corrected chi connectivity index (χ2v) is 6.63. The normalized spacial score (nSPS) is 14.6. The first kappa shape index (κ1) is 19.1. The van der Waals surface area contributed by atoms with Crippen LogP contribution in [0.4, 0.5) is 4.39 Å². The largest absolute Gasteiger partial charge is 0.346 e. The van der Waals surface area contributed by atoms with Crippen LogP contribution in [0, 0.1) is 0 Å². The monoisotopic (exact) mass is 363 g/mol. The van der Waals surface area contributed by atoms with E-state index in [9.17, 15) is 14.0 Å². The van der Waals surface area contributed by atoms with E-state index in [1.807, 2.05) is 19.1 Å². The van der Waals surface area contributed by atoms with Crippen LogP contribution in [0.15, 0.2) is 36.5 Å². The van der Waals surface area contributed by atoms with Gasteiger partial charge in [-0.25, -0.2) is 9.37 Å². The molecule has 0 aliphatic carbocycles. The number of carbonyl (C=O) groups excluding carboxylic acids is 2. The van der Waals surface area contributed by atoms with Crippen LogP contribution in [0.1, 0.15) is 28.9 Å². The highest BCUT2D eigenvalue weighted by Crippen LogP contribution is 2.25. The number of nitrogens with one attached hydrogen (secondary N) is 1. The molecular formula is C18H22FN3O2S. The van der Waals surface area contributed by atoms with Gasteiger partial charge in [-0.05, 0) is 12.5 Å². The van der Waals surface area contributed by atoms with E-state index in [4.69, 9.17) is 0 Å². The highest BCUT2D eigenvalue weighted by molar-refractivity contribution is 7.11. The minimum atomic E-state index is -0.661. The van der Waals surface area contributed by atoms with Crippen molar-refractivity contribution in [1.29, 1.82) is 0 Å². The van der Waals surface area contributed by atoms with Crippen LogP contribution in [0.5, 0.6) is 0 Å². The molecule has 0 saturated carbocycles. The van der Waals surface area contributed by atoms with Crippen molar-refractivity contribution in [3.05, 3.63) is 52.0 Å². The van der Waals surface area contributed by atoms with E-state index in [1.54, 1.807) is 17.1 Å². The molecule has 0 atom stereocenters. The Morgan fingerprint density at radius 3 is 2.92 bits per heavy atom. The standard InChI is InChI=1S/C18H22FN3O2S/c1-2-3-4-5-8-18(24)22-11-9-14-15(13-22)25-17(21-14)12-20-16(23)7-6-10-19/h3-8H,2,9-13H2,1H3,(H,20,23)/b4-3+,7-6+,8-5+. The average Bonchev–Trinajstić information content (AvgIpc) is 3.03. The van der Waals surface area contributed by atoms with Gasteiger partial charge >= 0.3 is 0 Å². The first-order valence-electron chi connectivity index (χ1n) is 8.24. The molecule has 1 N–H and O–H groups in total. The maximum atomic E-state index is 12.2. The SMILES string of the molecule is CC/C=C/C=C/C(=O)N1CCc2nc(CNC(=O)/C=C/CF)sc2C1. The summed E-state index contributed by atoms with van der Waals surface area (Å²) in [4.78, 5) is 31.0. The number of carbonyl (C=O) groups is 2. The van der Waals surface area contributed by atoms with Crippen molar-refractivity contribution in [2.24, 2.45) is 0 Å². The summed E-state index contributed by atoms with van der Waals surface area (Å²) in [6, 6.07) is 0. The summed E-state index contributed by atoms with van der Waals surface area (Å²) in [5.41, 5.74) is 0.993. The van der Waals surface area contributed by atoms with Crippen molar-refractivity contribution in [3.8, 4) is 0 Å². The summed E-state index contributed by atoms with van der Waals surface area (Å²) in [6.45, 7) is 2.87. The first-order chi connectivity index (χ1) is 12.1. The highest BCUT2D eigenvalue weighted by Gasteiger charge is 2.22. The summed E-state index contributed by atoms with van der Waals surface area (Å²) in [5.74, 6) is -0.348. The fourth-order valence-corrected chi connectivity index (χ4v) is 3.41. The Kier molecular flexibility index (Phi) is 7.53. The third-order valence-corrected chi connectivity index (χ3v) is 4.66. The van der Waals surface area contributed by atoms with Gasteiger partial charge in [-0.15, -0.1) is 11.3 Å². The zero-order valence-corrected chi connectivity index (χ0v) is 15.0. The summed E-state index contributed by atoms with van der Waals surface area (Å²) >= 11 is 1.50. The molecule has 7 heteroatoms. The van der Waals surface area contributed by atoms with Crippen molar-refractivity contribution in [2.75, 3.05) is 13.2 Å². The van der Waals surface area contributed by atoms with Gasteiger partial charge in [0.2, 0.25) is 11.8 Å². The number of rotatable bonds is 7. The lowest BCUT2D eigenvalue weighted by Crippen LogP contribution is -2.34. The number of hydrogen-bond donors (Lipinski definition) is 1. The second-order valence-electron chi connectivity index (χ2n) is 5.46. The molecule has 1 aromatic heterocycles. The highest BCUT2D eigenvalue weighted by atomic mass is 32.1. The number of halogens is 1. The van der Waals surface area contributed by atoms with Crippen LogP contribution in [0.2, 0.25) is 0 Å². The van der Waals surface area contributed by atoms with E-state index < -0.39 is 6.67 Å². The maximum Gasteiger partial charge on any atom is 0.246 e. The van der Waals surface area contributed by atoms with Crippen LogP contribution in [0.3, 0.4) is 0 Å². The van der Waals surface area contributed by atoms with Gasteiger partial charge in [0.1, 0.15) is 11.7 Å². The molecular weight excluding hydrogens is 341 g/mol. The van der Waals surface area contributed by atoms with Gasteiger partial charge in [0.15, 0.2) is 0 Å². The lowest BCUT2D eigenvalue weighted by molar-refractivity contribution is -0.126. The summed E-state index contributed by atoms with van der Waals surface area (Å²) < 4.78 is 12.0. The van der Waals surface area contributed by atoms with Crippen molar-refractivity contribution in [3.63, 3.8) is 0 Å². The Labute approximate surface area is 150 Å². The molecule has 0 unspecified atom stereocenters. The Morgan fingerprint density at radius 1 is 1.32 bits per heavy atom. The smallest absolute Gasteiger partial charge is 0.246 e. The van der Waals surface area contributed by atoms with Crippen LogP contribution < -0.4 is 5.32 Å². The third kappa shape index (κ3) is 5.94. The van der Waals surface area contributed by atoms with Crippen LogP contribution in [0.25, 0.3) is 0 Å². The van der Waals surface area contributed by atoms with Gasteiger partial charge < -0.3 is 10.2 Å². The molecule has 0 spiro atoms. The summed E-state index contributed by atoms with van der Waals surface area (Å²) in [6.07, 6.45) is 11.2. The fourth-order valence-electron chi connectivity index (χ4n) is 2.34. The van der Waals surface area contributed by atoms with Gasteiger partial charge in [-0.3, -0.25) is 9.59 Å². The second kappa shape index (κ2) is 9.88. The lowest BCUT2D eigenvalue weighted by Gasteiger charge is -2.24. The zero-order valence-electron chi connectivity index (χ0n) is 14.2. The number of thiazole rings is 1. The minimum absolute atomic E-state index is 0.00832. The molecule has 0 radical (unpaired) electrons.